The van der Waals surface area contributed by atoms with Crippen molar-refractivity contribution >= 4 is 11.6 Å². The lowest BCUT2D eigenvalue weighted by atomic mass is 9.86. The van der Waals surface area contributed by atoms with Gasteiger partial charge in [0.2, 0.25) is 0 Å². The molecule has 7 nitrogen and oxygen atoms in total. The average Bonchev–Trinajstić information content (AvgIpc) is 2.74. The van der Waals surface area contributed by atoms with Crippen LogP contribution in [0.2, 0.25) is 0 Å². The quantitative estimate of drug-likeness (QED) is 0.652. The number of halogens is 2. The van der Waals surface area contributed by atoms with E-state index in [-0.39, 0.29) is 22.7 Å². The molecule has 1 aliphatic rings. The van der Waals surface area contributed by atoms with E-state index in [0.29, 0.717) is 30.8 Å². The molecule has 31 heavy (non-hydrogen) atoms. The molecular weight excluding hydrogens is 404 g/mol. The minimum Gasteiger partial charge on any atom is -0.402 e. The van der Waals surface area contributed by atoms with Crippen molar-refractivity contribution < 1.29 is 13.6 Å². The van der Waals surface area contributed by atoms with Crippen molar-refractivity contribution in [1.29, 1.82) is 0 Å². The Kier molecular flexibility index (Phi) is 6.84. The zero-order valence-corrected chi connectivity index (χ0v) is 17.2. The van der Waals surface area contributed by atoms with Gasteiger partial charge in [-0.25, -0.2) is 13.8 Å². The summed E-state index contributed by atoms with van der Waals surface area (Å²) in [7, 11) is 0. The molecule has 0 fully saturated rings. The summed E-state index contributed by atoms with van der Waals surface area (Å²) in [5.74, 6) is -2.09. The lowest BCUT2D eigenvalue weighted by molar-refractivity contribution is 0.0739. The summed E-state index contributed by atoms with van der Waals surface area (Å²) in [6.45, 7) is 2.50. The van der Waals surface area contributed by atoms with Crippen LogP contribution in [0.4, 0.5) is 8.78 Å². The van der Waals surface area contributed by atoms with Gasteiger partial charge < -0.3 is 21.4 Å². The minimum atomic E-state index is -0.746. The van der Waals surface area contributed by atoms with Crippen molar-refractivity contribution in [2.75, 3.05) is 13.1 Å². The second-order valence-electron chi connectivity index (χ2n) is 7.40. The number of nitrogens with one attached hydrogen (secondary N) is 1. The topological polar surface area (TPSA) is 118 Å². The number of allylic oxidation sites excluding steroid dienone is 2. The Balaban J connectivity index is 1.86. The molecule has 0 aliphatic heterocycles. The first-order valence-electron chi connectivity index (χ1n) is 10.1. The lowest BCUT2D eigenvalue weighted by Crippen LogP contribution is -2.40. The largest absolute Gasteiger partial charge is 0.402 e. The summed E-state index contributed by atoms with van der Waals surface area (Å²) in [5, 5.41) is 0. The highest BCUT2D eigenvalue weighted by atomic mass is 19.1. The summed E-state index contributed by atoms with van der Waals surface area (Å²) in [6.07, 6.45) is 6.10. The summed E-state index contributed by atoms with van der Waals surface area (Å²) >= 11 is 0. The number of nitrogens with zero attached hydrogens (tertiary/aromatic N) is 2. The van der Waals surface area contributed by atoms with E-state index in [0.717, 1.165) is 25.0 Å². The van der Waals surface area contributed by atoms with Gasteiger partial charge in [0.05, 0.1) is 11.9 Å². The van der Waals surface area contributed by atoms with Crippen molar-refractivity contribution in [3.8, 4) is 0 Å². The van der Waals surface area contributed by atoms with Gasteiger partial charge in [0, 0.05) is 36.6 Å². The first-order chi connectivity index (χ1) is 14.8. The number of aromatic nitrogens is 2. The maximum atomic E-state index is 14.0. The van der Waals surface area contributed by atoms with Crippen LogP contribution in [0.25, 0.3) is 5.70 Å². The molecule has 1 atom stereocenters. The molecule has 0 saturated heterocycles. The fourth-order valence-electron chi connectivity index (χ4n) is 3.77. The molecule has 1 amide bonds. The zero-order chi connectivity index (χ0) is 22.5. The Hall–Kier alpha value is -3.49. The third-order valence-electron chi connectivity index (χ3n) is 5.45. The number of amides is 1. The third-order valence-corrected chi connectivity index (χ3v) is 5.45. The van der Waals surface area contributed by atoms with Crippen LogP contribution in [0.15, 0.2) is 52.9 Å². The zero-order valence-electron chi connectivity index (χ0n) is 17.2. The molecule has 0 radical (unpaired) electrons. The van der Waals surface area contributed by atoms with Crippen LogP contribution in [0.1, 0.15) is 42.1 Å². The number of hydrogen-bond donors (Lipinski definition) is 3. The number of aromatic amines is 1. The van der Waals surface area contributed by atoms with Crippen LogP contribution >= 0.6 is 0 Å². The maximum Gasteiger partial charge on any atom is 0.263 e. The molecule has 2 aromatic rings. The highest BCUT2D eigenvalue weighted by molar-refractivity contribution is 5.93. The highest BCUT2D eigenvalue weighted by Gasteiger charge is 2.26. The second-order valence-corrected chi connectivity index (χ2v) is 7.40. The molecule has 1 aromatic heterocycles. The number of H-pyrrole nitrogens is 1. The van der Waals surface area contributed by atoms with E-state index in [1.807, 2.05) is 6.92 Å². The van der Waals surface area contributed by atoms with Crippen LogP contribution in [0.3, 0.4) is 0 Å². The van der Waals surface area contributed by atoms with E-state index >= 15 is 0 Å². The number of rotatable bonds is 6. The van der Waals surface area contributed by atoms with Crippen molar-refractivity contribution in [3.05, 3.63) is 81.2 Å². The Morgan fingerprint density at radius 2 is 2.06 bits per heavy atom. The van der Waals surface area contributed by atoms with Gasteiger partial charge in [-0.3, -0.25) is 9.59 Å². The van der Waals surface area contributed by atoms with Crippen molar-refractivity contribution in [3.63, 3.8) is 0 Å². The molecular formula is C22H25F2N5O2. The molecule has 3 rings (SSSR count). The maximum absolute atomic E-state index is 14.0. The molecule has 1 aliphatic carbocycles. The number of carbonyl (C=O) groups is 1. The normalized spacial score (nSPS) is 17.0. The fourth-order valence-corrected chi connectivity index (χ4v) is 3.77. The van der Waals surface area contributed by atoms with E-state index in [4.69, 9.17) is 11.5 Å². The standard InChI is InChI=1S/C22H25F2N5O2/c1-2-29(22(31)15-10-27-12-28-21(15)30)11-14-6-3-5-13(20(14)26)9-18(25)19-16(23)7-4-8-17(19)24/h4,7-10,12,14H,2-3,5-6,11,25-26H2,1H3,(H,27,28,30)/b18-9-. The van der Waals surface area contributed by atoms with Gasteiger partial charge in [0.15, 0.2) is 0 Å². The van der Waals surface area contributed by atoms with Crippen LogP contribution in [-0.2, 0) is 0 Å². The van der Waals surface area contributed by atoms with Crippen molar-refractivity contribution in [2.45, 2.75) is 26.2 Å². The van der Waals surface area contributed by atoms with Gasteiger partial charge in [-0.2, -0.15) is 0 Å². The summed E-state index contributed by atoms with van der Waals surface area (Å²) < 4.78 is 28.1. The molecule has 1 heterocycles. The summed E-state index contributed by atoms with van der Waals surface area (Å²) in [6, 6.07) is 3.56. The van der Waals surface area contributed by atoms with Crippen LogP contribution < -0.4 is 17.0 Å². The Morgan fingerprint density at radius 3 is 2.71 bits per heavy atom. The minimum absolute atomic E-state index is 0.0397. The predicted molar refractivity (Wildman–Crippen MR) is 114 cm³/mol. The van der Waals surface area contributed by atoms with Gasteiger partial charge in [-0.05, 0) is 50.0 Å². The Morgan fingerprint density at radius 1 is 1.35 bits per heavy atom. The smallest absolute Gasteiger partial charge is 0.263 e. The van der Waals surface area contributed by atoms with E-state index in [9.17, 15) is 18.4 Å². The molecule has 9 heteroatoms. The third kappa shape index (κ3) is 4.82. The molecule has 0 spiro atoms. The van der Waals surface area contributed by atoms with E-state index in [1.54, 1.807) is 0 Å². The van der Waals surface area contributed by atoms with Crippen LogP contribution in [0.5, 0.6) is 0 Å². The Bertz CT molecular complexity index is 1070. The van der Waals surface area contributed by atoms with Crippen molar-refractivity contribution in [1.82, 2.24) is 14.9 Å². The molecule has 0 bridgehead atoms. The van der Waals surface area contributed by atoms with Crippen LogP contribution in [0, 0.1) is 17.6 Å². The van der Waals surface area contributed by atoms with Crippen molar-refractivity contribution in [2.24, 2.45) is 17.4 Å². The SMILES string of the molecule is CCN(CC1CCCC(/C=C(\N)c2c(F)cccc2F)=C1N)C(=O)c1cnc[nH]c1=O. The number of hydrogen-bond acceptors (Lipinski definition) is 5. The predicted octanol–water partition coefficient (Wildman–Crippen LogP) is 2.52. The monoisotopic (exact) mass is 429 g/mol. The number of carbonyl (C=O) groups excluding carboxylic acids is 1. The van der Waals surface area contributed by atoms with E-state index in [2.05, 4.69) is 9.97 Å². The fraction of sp³-hybridized carbons (Fsp3) is 0.318. The molecule has 164 valence electrons. The molecule has 5 N–H and O–H groups in total. The van der Waals surface area contributed by atoms with Gasteiger partial charge >= 0.3 is 0 Å². The van der Waals surface area contributed by atoms with Gasteiger partial charge in [0.25, 0.3) is 11.5 Å². The van der Waals surface area contributed by atoms with Gasteiger partial charge in [-0.15, -0.1) is 0 Å². The lowest BCUT2D eigenvalue weighted by Gasteiger charge is -2.30. The first kappa shape index (κ1) is 22.2. The van der Waals surface area contributed by atoms with Gasteiger partial charge in [0.1, 0.15) is 17.2 Å². The first-order valence-corrected chi connectivity index (χ1v) is 10.1. The summed E-state index contributed by atoms with van der Waals surface area (Å²) in [4.78, 5) is 32.5. The summed E-state index contributed by atoms with van der Waals surface area (Å²) in [5.41, 5.74) is 12.7. The Labute approximate surface area is 178 Å². The highest BCUT2D eigenvalue weighted by Crippen LogP contribution is 2.30. The van der Waals surface area contributed by atoms with Crippen LogP contribution in [-0.4, -0.2) is 33.9 Å². The second kappa shape index (κ2) is 9.55. The molecule has 0 saturated carbocycles. The number of nitrogens with two attached hydrogens (primary N) is 2. The molecule has 1 aromatic carbocycles. The van der Waals surface area contributed by atoms with E-state index in [1.165, 1.54) is 29.6 Å². The van der Waals surface area contributed by atoms with E-state index < -0.39 is 23.1 Å². The van der Waals surface area contributed by atoms with Gasteiger partial charge in [-0.1, -0.05) is 6.07 Å². The average molecular weight is 429 g/mol. The molecule has 1 unspecified atom stereocenters. The number of benzene rings is 1.